The molecule has 0 spiro atoms. The van der Waals surface area contributed by atoms with Crippen LogP contribution in [0, 0.1) is 11.7 Å². The van der Waals surface area contributed by atoms with Crippen LogP contribution in [0.25, 0.3) is 0 Å². The van der Waals surface area contributed by atoms with Crippen LogP contribution in [0.5, 0.6) is 5.75 Å². The molecule has 2 aromatic rings. The van der Waals surface area contributed by atoms with Crippen molar-refractivity contribution in [2.75, 3.05) is 38.2 Å². The zero-order valence-corrected chi connectivity index (χ0v) is 19.6. The second kappa shape index (κ2) is 10.1. The number of hydrogen-bond donors (Lipinski definition) is 1. The van der Waals surface area contributed by atoms with E-state index < -0.39 is 15.8 Å². The third kappa shape index (κ3) is 5.30. The highest BCUT2D eigenvalue weighted by atomic mass is 32.2. The van der Waals surface area contributed by atoms with Crippen molar-refractivity contribution < 1.29 is 22.3 Å². The van der Waals surface area contributed by atoms with Gasteiger partial charge in [-0.3, -0.25) is 4.79 Å². The van der Waals surface area contributed by atoms with Gasteiger partial charge in [0.05, 0.1) is 7.11 Å². The summed E-state index contributed by atoms with van der Waals surface area (Å²) in [7, 11) is -2.24. The maximum Gasteiger partial charge on any atom is 0.245 e. The monoisotopic (exact) mass is 475 g/mol. The van der Waals surface area contributed by atoms with Gasteiger partial charge in [-0.05, 0) is 62.1 Å². The molecule has 2 saturated heterocycles. The molecule has 1 amide bonds. The van der Waals surface area contributed by atoms with Crippen LogP contribution < -0.4 is 15.0 Å². The quantitative estimate of drug-likeness (QED) is 0.695. The number of piperidine rings is 2. The molecule has 2 aliphatic heterocycles. The van der Waals surface area contributed by atoms with Gasteiger partial charge in [-0.1, -0.05) is 12.1 Å². The van der Waals surface area contributed by atoms with E-state index in [1.807, 2.05) is 24.3 Å². The number of sulfonamides is 1. The lowest BCUT2D eigenvalue weighted by molar-refractivity contribution is -0.127. The summed E-state index contributed by atoms with van der Waals surface area (Å²) in [6.07, 6.45) is 2.59. The standard InChI is InChI=1S/C24H30FN3O4S/c1-32-21-8-6-20(7-9-21)27-14-12-19(13-15-27)26-24(29)18-10-16-28(17-11-18)33(30,31)23-5-3-2-4-22(23)25/h2-9,18-19H,10-17H2,1H3,(H,26,29). The Hall–Kier alpha value is -2.65. The minimum absolute atomic E-state index is 0.0131. The van der Waals surface area contributed by atoms with E-state index in [0.29, 0.717) is 12.8 Å². The van der Waals surface area contributed by atoms with Crippen LogP contribution in [-0.2, 0) is 14.8 Å². The molecule has 178 valence electrons. The van der Waals surface area contributed by atoms with E-state index in [4.69, 9.17) is 4.74 Å². The second-order valence-corrected chi connectivity index (χ2v) is 10.5. The highest BCUT2D eigenvalue weighted by molar-refractivity contribution is 7.89. The Bertz CT molecular complexity index is 1060. The maximum atomic E-state index is 14.0. The first-order chi connectivity index (χ1) is 15.9. The minimum atomic E-state index is -3.89. The zero-order valence-electron chi connectivity index (χ0n) is 18.7. The van der Waals surface area contributed by atoms with Crippen molar-refractivity contribution >= 4 is 21.6 Å². The summed E-state index contributed by atoms with van der Waals surface area (Å²) in [6.45, 7) is 2.14. The SMILES string of the molecule is COc1ccc(N2CCC(NC(=O)C3CCN(S(=O)(=O)c4ccccc4F)CC3)CC2)cc1. The van der Waals surface area contributed by atoms with Crippen LogP contribution >= 0.6 is 0 Å². The molecule has 2 heterocycles. The molecule has 0 unspecified atom stereocenters. The molecule has 1 N–H and O–H groups in total. The summed E-state index contributed by atoms with van der Waals surface area (Å²) in [5.41, 5.74) is 1.14. The number of carbonyl (C=O) groups excluding carboxylic acids is 1. The average molecular weight is 476 g/mol. The third-order valence-corrected chi connectivity index (χ3v) is 8.49. The topological polar surface area (TPSA) is 79.0 Å². The number of ether oxygens (including phenoxy) is 1. The molecule has 2 fully saturated rings. The molecule has 2 aromatic carbocycles. The Morgan fingerprint density at radius 1 is 0.970 bits per heavy atom. The van der Waals surface area contributed by atoms with Crippen LogP contribution in [0.15, 0.2) is 53.4 Å². The number of nitrogens with one attached hydrogen (secondary N) is 1. The Balaban J connectivity index is 1.25. The first-order valence-electron chi connectivity index (χ1n) is 11.3. The van der Waals surface area contributed by atoms with Gasteiger partial charge < -0.3 is 15.0 Å². The van der Waals surface area contributed by atoms with Crippen molar-refractivity contribution in [1.82, 2.24) is 9.62 Å². The van der Waals surface area contributed by atoms with Crippen LogP contribution in [0.1, 0.15) is 25.7 Å². The van der Waals surface area contributed by atoms with E-state index in [-0.39, 0.29) is 35.9 Å². The molecule has 2 aliphatic rings. The van der Waals surface area contributed by atoms with Crippen LogP contribution in [0.2, 0.25) is 0 Å². The van der Waals surface area contributed by atoms with E-state index in [1.54, 1.807) is 7.11 Å². The van der Waals surface area contributed by atoms with Crippen molar-refractivity contribution in [3.05, 3.63) is 54.3 Å². The number of halogens is 1. The minimum Gasteiger partial charge on any atom is -0.497 e. The van der Waals surface area contributed by atoms with Crippen molar-refractivity contribution in [1.29, 1.82) is 0 Å². The van der Waals surface area contributed by atoms with E-state index >= 15 is 0 Å². The Labute approximate surface area is 194 Å². The summed E-state index contributed by atoms with van der Waals surface area (Å²) >= 11 is 0. The second-order valence-electron chi connectivity index (χ2n) is 8.58. The fraction of sp³-hybridized carbons (Fsp3) is 0.458. The number of benzene rings is 2. The first kappa shape index (κ1) is 23.5. The first-order valence-corrected chi connectivity index (χ1v) is 12.8. The molecule has 9 heteroatoms. The molecule has 7 nitrogen and oxygen atoms in total. The molecule has 0 atom stereocenters. The molecule has 0 aliphatic carbocycles. The molecular weight excluding hydrogens is 445 g/mol. The average Bonchev–Trinajstić information content (AvgIpc) is 2.85. The van der Waals surface area contributed by atoms with Gasteiger partial charge in [0.15, 0.2) is 0 Å². The zero-order chi connectivity index (χ0) is 23.4. The van der Waals surface area contributed by atoms with E-state index in [9.17, 15) is 17.6 Å². The summed E-state index contributed by atoms with van der Waals surface area (Å²) in [5, 5.41) is 3.16. The number of carbonyl (C=O) groups is 1. The van der Waals surface area contributed by atoms with Gasteiger partial charge >= 0.3 is 0 Å². The normalized spacial score (nSPS) is 18.8. The highest BCUT2D eigenvalue weighted by Gasteiger charge is 2.34. The van der Waals surface area contributed by atoms with Gasteiger partial charge in [0.25, 0.3) is 0 Å². The smallest absolute Gasteiger partial charge is 0.245 e. The fourth-order valence-electron chi connectivity index (χ4n) is 4.55. The van der Waals surface area contributed by atoms with E-state index in [2.05, 4.69) is 10.2 Å². The predicted octanol–water partition coefficient (Wildman–Crippen LogP) is 3.02. The summed E-state index contributed by atoms with van der Waals surface area (Å²) < 4.78 is 46.0. The number of methoxy groups -OCH3 is 1. The molecule has 0 saturated carbocycles. The summed E-state index contributed by atoms with van der Waals surface area (Å²) in [6, 6.07) is 13.5. The van der Waals surface area contributed by atoms with Gasteiger partial charge in [-0.2, -0.15) is 4.31 Å². The summed E-state index contributed by atoms with van der Waals surface area (Å²) in [4.78, 5) is 14.8. The predicted molar refractivity (Wildman–Crippen MR) is 124 cm³/mol. The Morgan fingerprint density at radius 3 is 2.21 bits per heavy atom. The lowest BCUT2D eigenvalue weighted by atomic mass is 9.95. The van der Waals surface area contributed by atoms with Crippen molar-refractivity contribution in [3.63, 3.8) is 0 Å². The molecule has 0 radical (unpaired) electrons. The number of amides is 1. The Kier molecular flexibility index (Phi) is 7.19. The highest BCUT2D eigenvalue weighted by Crippen LogP contribution is 2.27. The number of rotatable bonds is 6. The van der Waals surface area contributed by atoms with Crippen LogP contribution in [-0.4, -0.2) is 58.0 Å². The number of hydrogen-bond acceptors (Lipinski definition) is 5. The van der Waals surface area contributed by atoms with Gasteiger partial charge in [0.2, 0.25) is 15.9 Å². The Morgan fingerprint density at radius 2 is 1.61 bits per heavy atom. The van der Waals surface area contributed by atoms with Crippen molar-refractivity contribution in [3.8, 4) is 5.75 Å². The fourth-order valence-corrected chi connectivity index (χ4v) is 6.08. The third-order valence-electron chi connectivity index (χ3n) is 6.56. The van der Waals surface area contributed by atoms with Crippen molar-refractivity contribution in [2.24, 2.45) is 5.92 Å². The van der Waals surface area contributed by atoms with Gasteiger partial charge in [-0.25, -0.2) is 12.8 Å². The molecule has 0 bridgehead atoms. The van der Waals surface area contributed by atoms with Gasteiger partial charge in [-0.15, -0.1) is 0 Å². The van der Waals surface area contributed by atoms with E-state index in [1.165, 1.54) is 22.5 Å². The lowest BCUT2D eigenvalue weighted by Gasteiger charge is -2.35. The van der Waals surface area contributed by atoms with E-state index in [0.717, 1.165) is 43.4 Å². The molecular formula is C24H30FN3O4S. The molecule has 33 heavy (non-hydrogen) atoms. The molecule has 0 aromatic heterocycles. The van der Waals surface area contributed by atoms with Gasteiger partial charge in [0.1, 0.15) is 16.5 Å². The van der Waals surface area contributed by atoms with Gasteiger partial charge in [0, 0.05) is 43.8 Å². The van der Waals surface area contributed by atoms with Crippen LogP contribution in [0.3, 0.4) is 0 Å². The number of anilines is 1. The maximum absolute atomic E-state index is 14.0. The largest absolute Gasteiger partial charge is 0.497 e. The number of nitrogens with zero attached hydrogens (tertiary/aromatic N) is 2. The van der Waals surface area contributed by atoms with Crippen molar-refractivity contribution in [2.45, 2.75) is 36.6 Å². The van der Waals surface area contributed by atoms with Crippen LogP contribution in [0.4, 0.5) is 10.1 Å². The summed E-state index contributed by atoms with van der Waals surface area (Å²) in [5.74, 6) is -0.162. The molecule has 4 rings (SSSR count). The lowest BCUT2D eigenvalue weighted by Crippen LogP contribution is -2.48.